The molecule has 162 valence electrons. The molecule has 0 N–H and O–H groups in total. The van der Waals surface area contributed by atoms with E-state index in [9.17, 15) is 0 Å². The van der Waals surface area contributed by atoms with Crippen LogP contribution in [0.3, 0.4) is 0 Å². The van der Waals surface area contributed by atoms with Gasteiger partial charge in [-0.05, 0) is 55.8 Å². The van der Waals surface area contributed by atoms with E-state index in [-0.39, 0.29) is 48.7 Å². The Balaban J connectivity index is 0.00000171. The Kier molecular flexibility index (Phi) is 11.7. The normalized spacial score (nSPS) is 10.4. The van der Waals surface area contributed by atoms with Crippen molar-refractivity contribution in [3.8, 4) is 0 Å². The van der Waals surface area contributed by atoms with Gasteiger partial charge in [-0.3, -0.25) is 0 Å². The van der Waals surface area contributed by atoms with Crippen LogP contribution in [-0.4, -0.2) is 12.3 Å². The molecule has 0 aromatic heterocycles. The maximum absolute atomic E-state index is 2.30. The minimum Gasteiger partial charge on any atom is -1.00 e. The van der Waals surface area contributed by atoms with Crippen LogP contribution in [0.2, 0.25) is 0 Å². The Morgan fingerprint density at radius 1 is 0.387 bits per heavy atom. The van der Waals surface area contributed by atoms with Gasteiger partial charge in [-0.1, -0.05) is 121 Å². The molecule has 0 unspecified atom stereocenters. The Morgan fingerprint density at radius 2 is 0.613 bits per heavy atom. The van der Waals surface area contributed by atoms with Crippen molar-refractivity contribution in [2.75, 3.05) is 12.3 Å². The van der Waals surface area contributed by atoms with Gasteiger partial charge in [-0.25, -0.2) is 0 Å². The third kappa shape index (κ3) is 7.36. The van der Waals surface area contributed by atoms with E-state index in [1.54, 1.807) is 0 Å². The Labute approximate surface area is 209 Å². The SMILES string of the molecule is [Cl-].[Pd].c1ccc(P(CCCP(c2ccccc2)c2ccccc2)c2ccccc2)cc1. The molecule has 0 saturated carbocycles. The number of rotatable bonds is 8. The molecule has 0 aliphatic rings. The van der Waals surface area contributed by atoms with Gasteiger partial charge in [0, 0.05) is 20.4 Å². The summed E-state index contributed by atoms with van der Waals surface area (Å²) in [5.74, 6) is 0. The molecular formula is C27H26ClP2Pd-. The fourth-order valence-electron chi connectivity index (χ4n) is 3.63. The summed E-state index contributed by atoms with van der Waals surface area (Å²) in [4.78, 5) is 0. The molecule has 0 aliphatic heterocycles. The second kappa shape index (κ2) is 14.0. The van der Waals surface area contributed by atoms with Crippen molar-refractivity contribution in [2.24, 2.45) is 0 Å². The van der Waals surface area contributed by atoms with E-state index in [0.717, 1.165) is 0 Å². The quantitative estimate of drug-likeness (QED) is 0.232. The van der Waals surface area contributed by atoms with Crippen LogP contribution in [0.5, 0.6) is 0 Å². The molecule has 0 radical (unpaired) electrons. The second-order valence-corrected chi connectivity index (χ2v) is 11.7. The molecule has 0 fully saturated rings. The van der Waals surface area contributed by atoms with E-state index < -0.39 is 0 Å². The molecule has 4 heteroatoms. The molecule has 4 aromatic carbocycles. The molecule has 0 heterocycles. The average Bonchev–Trinajstić information content (AvgIpc) is 2.81. The summed E-state index contributed by atoms with van der Waals surface area (Å²) in [6, 6.07) is 44.3. The summed E-state index contributed by atoms with van der Waals surface area (Å²) in [5.41, 5.74) is 0. The fourth-order valence-corrected chi connectivity index (χ4v) is 8.59. The third-order valence-corrected chi connectivity index (χ3v) is 10.2. The zero-order valence-corrected chi connectivity index (χ0v) is 21.4. The standard InChI is InChI=1S/C27H26P2.ClH.Pd/c1-5-14-24(15-6-1)28(25-16-7-2-8-17-25)22-13-23-29(26-18-9-3-10-19-26)27-20-11-4-12-21-27;;/h1-12,14-21H,13,22-23H2;1H;/p-1. The summed E-state index contributed by atoms with van der Waals surface area (Å²) in [5, 5.41) is 5.94. The summed E-state index contributed by atoms with van der Waals surface area (Å²) in [6.45, 7) is 0. The number of halogens is 1. The summed E-state index contributed by atoms with van der Waals surface area (Å²) >= 11 is 0. The van der Waals surface area contributed by atoms with Gasteiger partial charge in [0.2, 0.25) is 0 Å². The van der Waals surface area contributed by atoms with Crippen LogP contribution >= 0.6 is 15.8 Å². The monoisotopic (exact) mass is 553 g/mol. The van der Waals surface area contributed by atoms with Crippen molar-refractivity contribution < 1.29 is 32.8 Å². The van der Waals surface area contributed by atoms with Gasteiger partial charge < -0.3 is 12.4 Å². The predicted octanol–water partition coefficient (Wildman–Crippen LogP) is 2.64. The van der Waals surface area contributed by atoms with Crippen molar-refractivity contribution in [1.82, 2.24) is 0 Å². The number of benzene rings is 4. The molecule has 0 saturated heterocycles. The summed E-state index contributed by atoms with van der Waals surface area (Å²) < 4.78 is 0. The van der Waals surface area contributed by atoms with Gasteiger partial charge in [0.25, 0.3) is 0 Å². The van der Waals surface area contributed by atoms with Crippen molar-refractivity contribution in [2.45, 2.75) is 6.42 Å². The van der Waals surface area contributed by atoms with Crippen LogP contribution in [0.15, 0.2) is 121 Å². The van der Waals surface area contributed by atoms with Crippen LogP contribution in [0.4, 0.5) is 0 Å². The maximum Gasteiger partial charge on any atom is 0 e. The molecule has 0 bridgehead atoms. The Morgan fingerprint density at radius 3 is 0.839 bits per heavy atom. The summed E-state index contributed by atoms with van der Waals surface area (Å²) in [6.07, 6.45) is 3.72. The first-order valence-electron chi connectivity index (χ1n) is 10.2. The van der Waals surface area contributed by atoms with Crippen molar-refractivity contribution in [3.05, 3.63) is 121 Å². The zero-order valence-electron chi connectivity index (χ0n) is 17.3. The molecule has 31 heavy (non-hydrogen) atoms. The molecule has 4 aromatic rings. The molecule has 0 nitrogen and oxygen atoms in total. The van der Waals surface area contributed by atoms with E-state index in [2.05, 4.69) is 121 Å². The fraction of sp³-hybridized carbons (Fsp3) is 0.111. The predicted molar refractivity (Wildman–Crippen MR) is 132 cm³/mol. The van der Waals surface area contributed by atoms with E-state index >= 15 is 0 Å². The van der Waals surface area contributed by atoms with Crippen LogP contribution in [0.1, 0.15) is 6.42 Å². The van der Waals surface area contributed by atoms with Crippen molar-refractivity contribution >= 4 is 37.1 Å². The minimum atomic E-state index is -0.309. The largest absolute Gasteiger partial charge is 1.00 e. The number of hydrogen-bond donors (Lipinski definition) is 0. The van der Waals surface area contributed by atoms with Gasteiger partial charge in [-0.15, -0.1) is 0 Å². The van der Waals surface area contributed by atoms with Gasteiger partial charge in [0.1, 0.15) is 0 Å². The van der Waals surface area contributed by atoms with E-state index in [4.69, 9.17) is 0 Å². The maximum atomic E-state index is 2.30. The Hall–Kier alpha value is -1.31. The van der Waals surface area contributed by atoms with Gasteiger partial charge in [0.05, 0.1) is 0 Å². The van der Waals surface area contributed by atoms with Crippen molar-refractivity contribution in [3.63, 3.8) is 0 Å². The van der Waals surface area contributed by atoms with Gasteiger partial charge in [-0.2, -0.15) is 0 Å². The summed E-state index contributed by atoms with van der Waals surface area (Å²) in [7, 11) is -0.618. The first-order chi connectivity index (χ1) is 14.4. The van der Waals surface area contributed by atoms with Crippen LogP contribution in [-0.2, 0) is 20.4 Å². The number of hydrogen-bond acceptors (Lipinski definition) is 0. The van der Waals surface area contributed by atoms with E-state index in [1.807, 2.05) is 0 Å². The van der Waals surface area contributed by atoms with Crippen molar-refractivity contribution in [1.29, 1.82) is 0 Å². The molecule has 0 aliphatic carbocycles. The van der Waals surface area contributed by atoms with Gasteiger partial charge in [0.15, 0.2) is 0 Å². The zero-order chi connectivity index (χ0) is 19.7. The van der Waals surface area contributed by atoms with E-state index in [1.165, 1.54) is 40.0 Å². The smallest absolute Gasteiger partial charge is 0 e. The third-order valence-electron chi connectivity index (χ3n) is 5.03. The average molecular weight is 554 g/mol. The Bertz CT molecular complexity index is 821. The van der Waals surface area contributed by atoms with E-state index in [0.29, 0.717) is 0 Å². The van der Waals surface area contributed by atoms with Gasteiger partial charge >= 0.3 is 0 Å². The molecule has 0 spiro atoms. The van der Waals surface area contributed by atoms with Crippen LogP contribution < -0.4 is 33.6 Å². The first kappa shape index (κ1) is 25.9. The molecule has 0 amide bonds. The molecular weight excluding hydrogens is 528 g/mol. The minimum absolute atomic E-state index is 0. The molecule has 4 rings (SSSR count). The van der Waals surface area contributed by atoms with Crippen LogP contribution in [0.25, 0.3) is 0 Å². The molecule has 0 atom stereocenters. The topological polar surface area (TPSA) is 0 Å². The first-order valence-corrected chi connectivity index (χ1v) is 13.2. The second-order valence-electron chi connectivity index (χ2n) is 7.00. The van der Waals surface area contributed by atoms with Crippen LogP contribution in [0, 0.1) is 0 Å².